The van der Waals surface area contributed by atoms with Crippen molar-refractivity contribution in [2.75, 3.05) is 13.2 Å². The van der Waals surface area contributed by atoms with E-state index in [-0.39, 0.29) is 13.2 Å². The minimum Gasteiger partial charge on any atom is -0.465 e. The van der Waals surface area contributed by atoms with E-state index in [0.717, 1.165) is 3.57 Å². The van der Waals surface area contributed by atoms with Gasteiger partial charge >= 0.3 is 11.9 Å². The Morgan fingerprint density at radius 1 is 1.21 bits per heavy atom. The first kappa shape index (κ1) is 16.2. The van der Waals surface area contributed by atoms with Gasteiger partial charge in [0.1, 0.15) is 0 Å². The van der Waals surface area contributed by atoms with Gasteiger partial charge in [0, 0.05) is 8.59 Å². The van der Waals surface area contributed by atoms with Gasteiger partial charge in [-0.2, -0.15) is 0 Å². The fourth-order valence-electron chi connectivity index (χ4n) is 1.54. The molecular weight excluding hydrogens is 382 g/mol. The van der Waals surface area contributed by atoms with Crippen LogP contribution in [-0.4, -0.2) is 25.2 Å². The van der Waals surface area contributed by atoms with Crippen molar-refractivity contribution in [3.05, 3.63) is 32.4 Å². The van der Waals surface area contributed by atoms with Crippen LogP contribution in [0.1, 0.15) is 25.3 Å². The van der Waals surface area contributed by atoms with Gasteiger partial charge in [-0.05, 0) is 54.1 Å². The molecule has 6 heteroatoms. The maximum absolute atomic E-state index is 11.9. The molecular formula is C13H14ClIO4. The third-order valence-corrected chi connectivity index (χ3v) is 3.49. The summed E-state index contributed by atoms with van der Waals surface area (Å²) >= 11 is 7.89. The molecule has 0 amide bonds. The van der Waals surface area contributed by atoms with Crippen molar-refractivity contribution >= 4 is 46.1 Å². The summed E-state index contributed by atoms with van der Waals surface area (Å²) < 4.78 is 10.6. The zero-order chi connectivity index (χ0) is 14.4. The van der Waals surface area contributed by atoms with E-state index in [1.807, 2.05) is 22.6 Å². The number of hydrogen-bond acceptors (Lipinski definition) is 4. The van der Waals surface area contributed by atoms with Crippen LogP contribution in [0, 0.1) is 3.57 Å². The van der Waals surface area contributed by atoms with Crippen LogP contribution in [0.5, 0.6) is 0 Å². The second-order valence-electron chi connectivity index (χ2n) is 3.60. The summed E-state index contributed by atoms with van der Waals surface area (Å²) in [4.78, 5) is 23.9. The lowest BCUT2D eigenvalue weighted by Crippen LogP contribution is -2.26. The van der Waals surface area contributed by atoms with E-state index in [4.69, 9.17) is 21.1 Å². The highest BCUT2D eigenvalue weighted by atomic mass is 127. The fourth-order valence-corrected chi connectivity index (χ4v) is 2.72. The largest absolute Gasteiger partial charge is 0.465 e. The van der Waals surface area contributed by atoms with E-state index in [9.17, 15) is 9.59 Å². The molecule has 1 rings (SSSR count). The number of halogens is 2. The molecule has 0 saturated carbocycles. The standard InChI is InChI=1S/C13H14ClIO4/c1-3-18-12(16)11(13(17)19-4-2)9-6-5-8(14)7-10(9)15/h5-7,11H,3-4H2,1-2H3. The van der Waals surface area contributed by atoms with Crippen LogP contribution in [0.25, 0.3) is 0 Å². The molecule has 0 aromatic heterocycles. The van der Waals surface area contributed by atoms with Crippen LogP contribution >= 0.6 is 34.2 Å². The van der Waals surface area contributed by atoms with E-state index in [1.165, 1.54) is 0 Å². The molecule has 0 aliphatic rings. The van der Waals surface area contributed by atoms with Gasteiger partial charge in [-0.3, -0.25) is 9.59 Å². The van der Waals surface area contributed by atoms with E-state index in [1.54, 1.807) is 32.0 Å². The maximum atomic E-state index is 11.9. The van der Waals surface area contributed by atoms with Crippen LogP contribution in [0.2, 0.25) is 5.02 Å². The molecule has 0 radical (unpaired) electrons. The van der Waals surface area contributed by atoms with Crippen molar-refractivity contribution < 1.29 is 19.1 Å². The van der Waals surface area contributed by atoms with Crippen molar-refractivity contribution in [1.82, 2.24) is 0 Å². The Balaban J connectivity index is 3.14. The monoisotopic (exact) mass is 396 g/mol. The molecule has 0 spiro atoms. The van der Waals surface area contributed by atoms with Crippen LogP contribution in [0.4, 0.5) is 0 Å². The summed E-state index contributed by atoms with van der Waals surface area (Å²) in [6.45, 7) is 3.79. The van der Waals surface area contributed by atoms with Crippen molar-refractivity contribution in [3.63, 3.8) is 0 Å². The molecule has 0 aliphatic heterocycles. The predicted molar refractivity (Wildman–Crippen MR) is 80.2 cm³/mol. The summed E-state index contributed by atoms with van der Waals surface area (Å²) in [7, 11) is 0. The number of esters is 2. The van der Waals surface area contributed by atoms with E-state index >= 15 is 0 Å². The van der Waals surface area contributed by atoms with E-state index < -0.39 is 17.9 Å². The van der Waals surface area contributed by atoms with Crippen LogP contribution in [0.3, 0.4) is 0 Å². The van der Waals surface area contributed by atoms with Crippen molar-refractivity contribution in [2.24, 2.45) is 0 Å². The highest BCUT2D eigenvalue weighted by molar-refractivity contribution is 14.1. The molecule has 0 unspecified atom stereocenters. The Labute approximate surface area is 130 Å². The Kier molecular flexibility index (Phi) is 6.57. The van der Waals surface area contributed by atoms with Gasteiger partial charge in [0.05, 0.1) is 13.2 Å². The number of ether oxygens (including phenoxy) is 2. The summed E-state index contributed by atoms with van der Waals surface area (Å²) in [5.74, 6) is -2.29. The molecule has 0 heterocycles. The van der Waals surface area contributed by atoms with E-state index in [2.05, 4.69) is 0 Å². The van der Waals surface area contributed by atoms with Crippen molar-refractivity contribution in [3.8, 4) is 0 Å². The molecule has 0 saturated heterocycles. The van der Waals surface area contributed by atoms with Crippen LogP contribution in [0.15, 0.2) is 18.2 Å². The summed E-state index contributed by atoms with van der Waals surface area (Å²) in [5, 5.41) is 0.541. The lowest BCUT2D eigenvalue weighted by molar-refractivity contribution is -0.156. The first-order valence-electron chi connectivity index (χ1n) is 5.79. The molecule has 104 valence electrons. The third kappa shape index (κ3) is 4.35. The normalized spacial score (nSPS) is 10.4. The lowest BCUT2D eigenvalue weighted by atomic mass is 9.99. The minimum absolute atomic E-state index is 0.207. The van der Waals surface area contributed by atoms with Gasteiger partial charge in [-0.25, -0.2) is 0 Å². The third-order valence-electron chi connectivity index (χ3n) is 2.32. The molecule has 0 atom stereocenters. The minimum atomic E-state index is -1.07. The summed E-state index contributed by atoms with van der Waals surface area (Å²) in [5.41, 5.74) is 0.543. The molecule has 0 N–H and O–H groups in total. The van der Waals surface area contributed by atoms with Gasteiger partial charge in [0.25, 0.3) is 0 Å². The molecule has 0 bridgehead atoms. The van der Waals surface area contributed by atoms with E-state index in [0.29, 0.717) is 10.6 Å². The van der Waals surface area contributed by atoms with Gasteiger partial charge in [0.15, 0.2) is 5.92 Å². The Morgan fingerprint density at radius 2 is 1.74 bits per heavy atom. The zero-order valence-corrected chi connectivity index (χ0v) is 13.5. The molecule has 0 fully saturated rings. The molecule has 4 nitrogen and oxygen atoms in total. The van der Waals surface area contributed by atoms with Crippen LogP contribution < -0.4 is 0 Å². The average Bonchev–Trinajstić information content (AvgIpc) is 2.33. The quantitative estimate of drug-likeness (QED) is 0.436. The fraction of sp³-hybridized carbons (Fsp3) is 0.385. The predicted octanol–water partition coefficient (Wildman–Crippen LogP) is 3.15. The van der Waals surface area contributed by atoms with Gasteiger partial charge < -0.3 is 9.47 Å². The van der Waals surface area contributed by atoms with Gasteiger partial charge in [-0.15, -0.1) is 0 Å². The molecule has 0 aliphatic carbocycles. The smallest absolute Gasteiger partial charge is 0.324 e. The number of benzene rings is 1. The number of hydrogen-bond donors (Lipinski definition) is 0. The number of carbonyl (C=O) groups excluding carboxylic acids is 2. The first-order chi connectivity index (χ1) is 9.01. The molecule has 19 heavy (non-hydrogen) atoms. The number of carbonyl (C=O) groups is 2. The maximum Gasteiger partial charge on any atom is 0.324 e. The van der Waals surface area contributed by atoms with Gasteiger partial charge in [-0.1, -0.05) is 17.7 Å². The Bertz CT molecular complexity index is 458. The lowest BCUT2D eigenvalue weighted by Gasteiger charge is -2.16. The molecule has 1 aromatic carbocycles. The van der Waals surface area contributed by atoms with Crippen molar-refractivity contribution in [1.29, 1.82) is 0 Å². The highest BCUT2D eigenvalue weighted by Gasteiger charge is 2.32. The van der Waals surface area contributed by atoms with Gasteiger partial charge in [0.2, 0.25) is 0 Å². The summed E-state index contributed by atoms with van der Waals surface area (Å²) in [6, 6.07) is 4.95. The first-order valence-corrected chi connectivity index (χ1v) is 7.25. The SMILES string of the molecule is CCOC(=O)C(C(=O)OCC)c1ccc(Cl)cc1I. The number of rotatable bonds is 5. The Hall–Kier alpha value is -0.820. The zero-order valence-electron chi connectivity index (χ0n) is 10.6. The summed E-state index contributed by atoms with van der Waals surface area (Å²) in [6.07, 6.45) is 0. The topological polar surface area (TPSA) is 52.6 Å². The van der Waals surface area contributed by atoms with Crippen molar-refractivity contribution in [2.45, 2.75) is 19.8 Å². The van der Waals surface area contributed by atoms with Crippen LogP contribution in [-0.2, 0) is 19.1 Å². The molecule has 1 aromatic rings. The highest BCUT2D eigenvalue weighted by Crippen LogP contribution is 2.27. The Morgan fingerprint density at radius 3 is 2.16 bits per heavy atom. The second kappa shape index (κ2) is 7.69. The second-order valence-corrected chi connectivity index (χ2v) is 5.20. The average molecular weight is 397 g/mol.